The highest BCUT2D eigenvalue weighted by atomic mass is 79.9. The molecule has 0 radical (unpaired) electrons. The smallest absolute Gasteiger partial charge is 0.148 e. The maximum atomic E-state index is 5.72. The predicted molar refractivity (Wildman–Crippen MR) is 85.2 cm³/mol. The number of aromatic nitrogens is 2. The molecule has 0 spiro atoms. The van der Waals surface area contributed by atoms with E-state index in [0.717, 1.165) is 40.2 Å². The third kappa shape index (κ3) is 2.79. The molecule has 0 amide bonds. The normalized spacial score (nSPS) is 12.7. The Bertz CT molecular complexity index is 677. The van der Waals surface area contributed by atoms with Crippen molar-refractivity contribution in [2.24, 2.45) is 5.84 Å². The lowest BCUT2D eigenvalue weighted by atomic mass is 10.1. The molecule has 3 rings (SSSR count). The molecule has 6 nitrogen and oxygen atoms in total. The molecule has 0 saturated carbocycles. The fourth-order valence-electron chi connectivity index (χ4n) is 2.43. The molecule has 1 aromatic heterocycles. The van der Waals surface area contributed by atoms with Crippen LogP contribution in [0.1, 0.15) is 16.7 Å². The molecule has 7 heteroatoms. The van der Waals surface area contributed by atoms with Crippen molar-refractivity contribution in [2.75, 3.05) is 17.3 Å². The van der Waals surface area contributed by atoms with Gasteiger partial charge in [-0.2, -0.15) is 0 Å². The predicted octanol–water partition coefficient (Wildman–Crippen LogP) is 2.38. The van der Waals surface area contributed by atoms with Crippen molar-refractivity contribution < 1.29 is 4.74 Å². The Morgan fingerprint density at radius 3 is 2.95 bits per heavy atom. The van der Waals surface area contributed by atoms with Crippen LogP contribution in [-0.4, -0.2) is 16.6 Å². The number of nitrogens with two attached hydrogens (primary N) is 1. The van der Waals surface area contributed by atoms with E-state index in [1.807, 2.05) is 6.92 Å². The van der Waals surface area contributed by atoms with Crippen LogP contribution in [0.25, 0.3) is 0 Å². The van der Waals surface area contributed by atoms with Gasteiger partial charge in [-0.3, -0.25) is 0 Å². The number of rotatable bonds is 4. The Labute approximate surface area is 131 Å². The van der Waals surface area contributed by atoms with Crippen LogP contribution < -0.4 is 21.3 Å². The van der Waals surface area contributed by atoms with Crippen LogP contribution >= 0.6 is 15.9 Å². The van der Waals surface area contributed by atoms with E-state index in [9.17, 15) is 0 Å². The summed E-state index contributed by atoms with van der Waals surface area (Å²) < 4.78 is 6.78. The molecule has 0 bridgehead atoms. The van der Waals surface area contributed by atoms with E-state index in [-0.39, 0.29) is 0 Å². The Morgan fingerprint density at radius 2 is 2.14 bits per heavy atom. The molecular formula is C14H16BrN5O. The number of ether oxygens (including phenoxy) is 1. The summed E-state index contributed by atoms with van der Waals surface area (Å²) in [5.41, 5.74) is 5.79. The van der Waals surface area contributed by atoms with E-state index >= 15 is 0 Å². The second kappa shape index (κ2) is 5.87. The molecule has 1 aliphatic heterocycles. The number of hydrazine groups is 1. The summed E-state index contributed by atoms with van der Waals surface area (Å²) in [6.45, 7) is 3.29. The molecule has 110 valence electrons. The first-order chi connectivity index (χ1) is 10.2. The summed E-state index contributed by atoms with van der Waals surface area (Å²) >= 11 is 3.54. The lowest BCUT2D eigenvalue weighted by Crippen LogP contribution is -2.12. The highest BCUT2D eigenvalue weighted by molar-refractivity contribution is 9.10. The second-order valence-corrected chi connectivity index (χ2v) is 5.76. The van der Waals surface area contributed by atoms with E-state index in [1.165, 1.54) is 11.9 Å². The van der Waals surface area contributed by atoms with Crippen molar-refractivity contribution in [3.05, 3.63) is 39.6 Å². The SMILES string of the molecule is Cc1c(NN)ncnc1NCc1cc(Br)cc2c1OCC2. The van der Waals surface area contributed by atoms with Gasteiger partial charge in [-0.05, 0) is 24.6 Å². The van der Waals surface area contributed by atoms with Gasteiger partial charge < -0.3 is 15.5 Å². The summed E-state index contributed by atoms with van der Waals surface area (Å²) in [7, 11) is 0. The van der Waals surface area contributed by atoms with Crippen LogP contribution in [-0.2, 0) is 13.0 Å². The molecule has 0 saturated heterocycles. The highest BCUT2D eigenvalue weighted by Gasteiger charge is 2.17. The fraction of sp³-hybridized carbons (Fsp3) is 0.286. The van der Waals surface area contributed by atoms with E-state index in [2.05, 4.69) is 48.8 Å². The van der Waals surface area contributed by atoms with Crippen LogP contribution in [0, 0.1) is 6.92 Å². The minimum Gasteiger partial charge on any atom is -0.493 e. The summed E-state index contributed by atoms with van der Waals surface area (Å²) in [4.78, 5) is 8.31. The largest absolute Gasteiger partial charge is 0.493 e. The van der Waals surface area contributed by atoms with E-state index in [1.54, 1.807) is 0 Å². The lowest BCUT2D eigenvalue weighted by Gasteiger charge is -2.13. The molecule has 0 unspecified atom stereocenters. The van der Waals surface area contributed by atoms with Crippen molar-refractivity contribution in [2.45, 2.75) is 19.9 Å². The third-order valence-corrected chi connectivity index (χ3v) is 3.95. The molecule has 1 aromatic carbocycles. The average molecular weight is 350 g/mol. The molecule has 1 aliphatic rings. The van der Waals surface area contributed by atoms with Gasteiger partial charge in [0.15, 0.2) is 0 Å². The molecule has 0 aliphatic carbocycles. The first-order valence-electron chi connectivity index (χ1n) is 6.65. The van der Waals surface area contributed by atoms with Gasteiger partial charge in [0.2, 0.25) is 0 Å². The Kier molecular flexibility index (Phi) is 3.94. The minimum atomic E-state index is 0.614. The van der Waals surface area contributed by atoms with Gasteiger partial charge >= 0.3 is 0 Å². The summed E-state index contributed by atoms with van der Waals surface area (Å²) in [5.74, 6) is 7.78. The topological polar surface area (TPSA) is 85.1 Å². The molecule has 4 N–H and O–H groups in total. The quantitative estimate of drug-likeness (QED) is 0.580. The van der Waals surface area contributed by atoms with Crippen molar-refractivity contribution in [3.8, 4) is 5.75 Å². The number of fused-ring (bicyclic) bond motifs is 1. The van der Waals surface area contributed by atoms with E-state index in [4.69, 9.17) is 10.6 Å². The average Bonchev–Trinajstić information content (AvgIpc) is 2.94. The second-order valence-electron chi connectivity index (χ2n) is 4.85. The fourth-order valence-corrected chi connectivity index (χ4v) is 2.98. The van der Waals surface area contributed by atoms with Crippen LogP contribution in [0.5, 0.6) is 5.75 Å². The van der Waals surface area contributed by atoms with Crippen molar-refractivity contribution in [3.63, 3.8) is 0 Å². The molecule has 0 fully saturated rings. The number of halogens is 1. The number of nitrogens with one attached hydrogen (secondary N) is 2. The lowest BCUT2D eigenvalue weighted by molar-refractivity contribution is 0.354. The first kappa shape index (κ1) is 14.1. The van der Waals surface area contributed by atoms with Crippen LogP contribution in [0.15, 0.2) is 22.9 Å². The monoisotopic (exact) mass is 349 g/mol. The summed E-state index contributed by atoms with van der Waals surface area (Å²) in [5, 5.41) is 3.31. The van der Waals surface area contributed by atoms with Gasteiger partial charge in [0, 0.05) is 28.6 Å². The zero-order chi connectivity index (χ0) is 14.8. The van der Waals surface area contributed by atoms with Gasteiger partial charge in [-0.1, -0.05) is 15.9 Å². The van der Waals surface area contributed by atoms with E-state index < -0.39 is 0 Å². The van der Waals surface area contributed by atoms with Crippen LogP contribution in [0.2, 0.25) is 0 Å². The number of hydrogen-bond donors (Lipinski definition) is 3. The van der Waals surface area contributed by atoms with Gasteiger partial charge in [-0.15, -0.1) is 0 Å². The van der Waals surface area contributed by atoms with Crippen LogP contribution in [0.3, 0.4) is 0 Å². The minimum absolute atomic E-state index is 0.614. The van der Waals surface area contributed by atoms with Gasteiger partial charge in [0.25, 0.3) is 0 Å². The standard InChI is InChI=1S/C14H16BrN5O/c1-8-13(18-7-19-14(8)20-16)17-6-10-5-11(15)4-9-2-3-21-12(9)10/h4-5,7H,2-3,6,16H2,1H3,(H2,17,18,19,20). The Balaban J connectivity index is 1.83. The molecule has 21 heavy (non-hydrogen) atoms. The summed E-state index contributed by atoms with van der Waals surface area (Å²) in [6.07, 6.45) is 2.43. The number of benzene rings is 1. The Morgan fingerprint density at radius 1 is 1.33 bits per heavy atom. The van der Waals surface area contributed by atoms with Crippen LogP contribution in [0.4, 0.5) is 11.6 Å². The number of nitrogen functional groups attached to an aromatic ring is 1. The van der Waals surface area contributed by atoms with Gasteiger partial charge in [0.1, 0.15) is 23.7 Å². The zero-order valence-corrected chi connectivity index (χ0v) is 13.2. The third-order valence-electron chi connectivity index (χ3n) is 3.49. The molecule has 2 aromatic rings. The molecule has 0 atom stereocenters. The first-order valence-corrected chi connectivity index (χ1v) is 7.44. The maximum absolute atomic E-state index is 5.72. The maximum Gasteiger partial charge on any atom is 0.148 e. The highest BCUT2D eigenvalue weighted by Crippen LogP contribution is 2.33. The molecule has 2 heterocycles. The summed E-state index contributed by atoms with van der Waals surface area (Å²) in [6, 6.07) is 4.17. The number of anilines is 2. The van der Waals surface area contributed by atoms with Gasteiger partial charge in [-0.25, -0.2) is 15.8 Å². The Hall–Kier alpha value is -1.86. The van der Waals surface area contributed by atoms with Gasteiger partial charge in [0.05, 0.1) is 6.61 Å². The zero-order valence-electron chi connectivity index (χ0n) is 11.6. The van der Waals surface area contributed by atoms with Crippen molar-refractivity contribution in [1.82, 2.24) is 9.97 Å². The molecular weight excluding hydrogens is 334 g/mol. The number of hydrogen-bond acceptors (Lipinski definition) is 6. The number of nitrogens with zero attached hydrogens (tertiary/aromatic N) is 2. The van der Waals surface area contributed by atoms with Crippen molar-refractivity contribution >= 4 is 27.6 Å². The van der Waals surface area contributed by atoms with E-state index in [0.29, 0.717) is 12.4 Å². The van der Waals surface area contributed by atoms with Crippen molar-refractivity contribution in [1.29, 1.82) is 0 Å².